The number of nitrogens with one attached hydrogen (secondary N) is 1. The van der Waals surface area contributed by atoms with Crippen molar-refractivity contribution in [3.8, 4) is 0 Å². The van der Waals surface area contributed by atoms with Gasteiger partial charge < -0.3 is 5.32 Å². The Balaban J connectivity index is 2.07. The average molecular weight is 280 g/mol. The van der Waals surface area contributed by atoms with E-state index in [4.69, 9.17) is 5.14 Å². The number of hydrogen-bond donors (Lipinski definition) is 2. The molecule has 0 radical (unpaired) electrons. The summed E-state index contributed by atoms with van der Waals surface area (Å²) in [5.74, 6) is 0. The highest BCUT2D eigenvalue weighted by Crippen LogP contribution is 2.15. The normalized spacial score (nSPS) is 13.2. The number of anilines is 1. The van der Waals surface area contributed by atoms with E-state index in [9.17, 15) is 8.42 Å². The molecule has 0 amide bonds. The zero-order valence-corrected chi connectivity index (χ0v) is 11.3. The maximum atomic E-state index is 11.3. The molecule has 0 bridgehead atoms. The Morgan fingerprint density at radius 2 is 2.21 bits per heavy atom. The van der Waals surface area contributed by atoms with E-state index in [-0.39, 0.29) is 10.9 Å². The van der Waals surface area contributed by atoms with Crippen LogP contribution in [0.5, 0.6) is 0 Å². The second-order valence-corrected chi connectivity index (χ2v) is 5.91. The summed E-state index contributed by atoms with van der Waals surface area (Å²) in [7, 11) is -3.67. The van der Waals surface area contributed by atoms with Gasteiger partial charge in [0.2, 0.25) is 10.0 Å². The quantitative estimate of drug-likeness (QED) is 0.856. The molecule has 2 aromatic rings. The molecule has 0 aliphatic heterocycles. The molecule has 1 aromatic carbocycles. The predicted molar refractivity (Wildman–Crippen MR) is 73.1 cm³/mol. The Morgan fingerprint density at radius 1 is 1.42 bits per heavy atom. The van der Waals surface area contributed by atoms with E-state index < -0.39 is 10.0 Å². The van der Waals surface area contributed by atoms with Crippen molar-refractivity contribution in [2.45, 2.75) is 24.4 Å². The number of nitrogens with zero attached hydrogens (tertiary/aromatic N) is 2. The van der Waals surface area contributed by atoms with Gasteiger partial charge in [0.25, 0.3) is 0 Å². The topological polar surface area (TPSA) is 90.0 Å². The van der Waals surface area contributed by atoms with E-state index in [0.717, 1.165) is 0 Å². The van der Waals surface area contributed by atoms with E-state index in [1.165, 1.54) is 12.1 Å². The molecule has 19 heavy (non-hydrogen) atoms. The summed E-state index contributed by atoms with van der Waals surface area (Å²) in [6, 6.07) is 8.41. The number of primary sulfonamides is 1. The Hall–Kier alpha value is -1.86. The fraction of sp³-hybridized carbons (Fsp3) is 0.250. The lowest BCUT2D eigenvalue weighted by Crippen LogP contribution is -2.22. The van der Waals surface area contributed by atoms with Gasteiger partial charge in [-0.05, 0) is 31.2 Å². The van der Waals surface area contributed by atoms with Gasteiger partial charge in [0.1, 0.15) is 0 Å². The maximum absolute atomic E-state index is 11.3. The molecular weight excluding hydrogens is 264 g/mol. The molecule has 6 nitrogen and oxygen atoms in total. The molecule has 1 heterocycles. The summed E-state index contributed by atoms with van der Waals surface area (Å²) >= 11 is 0. The molecule has 3 N–H and O–H groups in total. The number of benzene rings is 1. The molecule has 1 atom stereocenters. The molecule has 2 rings (SSSR count). The molecule has 102 valence electrons. The summed E-state index contributed by atoms with van der Waals surface area (Å²) in [4.78, 5) is 0.101. The monoisotopic (exact) mass is 280 g/mol. The van der Waals surface area contributed by atoms with E-state index >= 15 is 0 Å². The van der Waals surface area contributed by atoms with Crippen molar-refractivity contribution in [1.29, 1.82) is 0 Å². The third-order valence-corrected chi connectivity index (χ3v) is 3.51. The minimum Gasteiger partial charge on any atom is -0.381 e. The molecule has 1 unspecified atom stereocenters. The summed E-state index contributed by atoms with van der Waals surface area (Å²) in [5.41, 5.74) is 0.714. The zero-order valence-electron chi connectivity index (χ0n) is 10.5. The Kier molecular flexibility index (Phi) is 3.87. The maximum Gasteiger partial charge on any atom is 0.238 e. The van der Waals surface area contributed by atoms with Gasteiger partial charge in [-0.3, -0.25) is 4.68 Å². The van der Waals surface area contributed by atoms with Crippen LogP contribution in [-0.2, 0) is 16.6 Å². The minimum atomic E-state index is -3.67. The second-order valence-electron chi connectivity index (χ2n) is 4.35. The molecule has 0 spiro atoms. The number of rotatable bonds is 5. The van der Waals surface area contributed by atoms with Gasteiger partial charge in [-0.25, -0.2) is 13.6 Å². The van der Waals surface area contributed by atoms with Gasteiger partial charge in [-0.2, -0.15) is 5.10 Å². The van der Waals surface area contributed by atoms with E-state index in [0.29, 0.717) is 12.2 Å². The van der Waals surface area contributed by atoms with E-state index in [2.05, 4.69) is 10.4 Å². The first-order chi connectivity index (χ1) is 8.95. The van der Waals surface area contributed by atoms with Crippen LogP contribution in [-0.4, -0.2) is 24.2 Å². The highest BCUT2D eigenvalue weighted by molar-refractivity contribution is 7.89. The van der Waals surface area contributed by atoms with Crippen LogP contribution in [0.1, 0.15) is 6.92 Å². The second kappa shape index (κ2) is 5.41. The van der Waals surface area contributed by atoms with Gasteiger partial charge in [-0.1, -0.05) is 6.07 Å². The first-order valence-corrected chi connectivity index (χ1v) is 7.36. The molecule has 1 aromatic heterocycles. The van der Waals surface area contributed by atoms with E-state index in [1.807, 2.05) is 19.2 Å². The van der Waals surface area contributed by atoms with Gasteiger partial charge in [0.15, 0.2) is 0 Å². The van der Waals surface area contributed by atoms with Crippen molar-refractivity contribution in [1.82, 2.24) is 9.78 Å². The van der Waals surface area contributed by atoms with Crippen LogP contribution in [0, 0.1) is 0 Å². The minimum absolute atomic E-state index is 0.101. The summed E-state index contributed by atoms with van der Waals surface area (Å²) in [6.07, 6.45) is 3.59. The number of sulfonamides is 1. The number of hydrogen-bond acceptors (Lipinski definition) is 4. The molecule has 7 heteroatoms. The highest BCUT2D eigenvalue weighted by atomic mass is 32.2. The lowest BCUT2D eigenvalue weighted by atomic mass is 10.2. The van der Waals surface area contributed by atoms with Crippen LogP contribution in [0.2, 0.25) is 0 Å². The zero-order chi connectivity index (χ0) is 13.9. The lowest BCUT2D eigenvalue weighted by molar-refractivity contribution is 0.560. The first kappa shape index (κ1) is 13.6. The number of nitrogens with two attached hydrogens (primary N) is 1. The van der Waals surface area contributed by atoms with Crippen LogP contribution in [0.4, 0.5) is 5.69 Å². The third-order valence-electron chi connectivity index (χ3n) is 2.60. The van der Waals surface area contributed by atoms with Crippen molar-refractivity contribution in [3.63, 3.8) is 0 Å². The van der Waals surface area contributed by atoms with Gasteiger partial charge in [-0.15, -0.1) is 0 Å². The lowest BCUT2D eigenvalue weighted by Gasteiger charge is -2.15. The van der Waals surface area contributed by atoms with Crippen LogP contribution in [0.15, 0.2) is 47.6 Å². The number of aromatic nitrogens is 2. The first-order valence-electron chi connectivity index (χ1n) is 5.82. The standard InChI is InChI=1S/C12H16N4O2S/c1-10(9-16-7-3-6-14-16)15-11-4-2-5-12(8-11)19(13,17)18/h2-8,10,15H,9H2,1H3,(H2,13,17,18). The molecule has 0 saturated carbocycles. The van der Waals surface area contributed by atoms with Gasteiger partial charge >= 0.3 is 0 Å². The predicted octanol–water partition coefficient (Wildman–Crippen LogP) is 1.03. The average Bonchev–Trinajstić information content (AvgIpc) is 2.80. The summed E-state index contributed by atoms with van der Waals surface area (Å²) < 4.78 is 24.3. The fourth-order valence-electron chi connectivity index (χ4n) is 1.78. The Bertz CT molecular complexity index is 638. The Morgan fingerprint density at radius 3 is 2.84 bits per heavy atom. The molecule has 0 saturated heterocycles. The SMILES string of the molecule is CC(Cn1cccn1)Nc1cccc(S(N)(=O)=O)c1. The largest absolute Gasteiger partial charge is 0.381 e. The van der Waals surface area contributed by atoms with Crippen molar-refractivity contribution in [3.05, 3.63) is 42.7 Å². The highest BCUT2D eigenvalue weighted by Gasteiger charge is 2.09. The van der Waals surface area contributed by atoms with Crippen molar-refractivity contribution in [2.24, 2.45) is 5.14 Å². The third kappa shape index (κ3) is 3.80. The summed E-state index contributed by atoms with van der Waals surface area (Å²) in [6.45, 7) is 2.68. The molecular formula is C12H16N4O2S. The van der Waals surface area contributed by atoms with Crippen molar-refractivity contribution >= 4 is 15.7 Å². The van der Waals surface area contributed by atoms with E-state index in [1.54, 1.807) is 23.0 Å². The van der Waals surface area contributed by atoms with Gasteiger partial charge in [0, 0.05) is 24.1 Å². The van der Waals surface area contributed by atoms with Crippen LogP contribution >= 0.6 is 0 Å². The Labute approximate surface area is 112 Å². The van der Waals surface area contributed by atoms with Crippen LogP contribution < -0.4 is 10.5 Å². The smallest absolute Gasteiger partial charge is 0.238 e. The fourth-order valence-corrected chi connectivity index (χ4v) is 2.34. The van der Waals surface area contributed by atoms with Crippen LogP contribution in [0.25, 0.3) is 0 Å². The molecule has 0 aliphatic rings. The van der Waals surface area contributed by atoms with Crippen molar-refractivity contribution < 1.29 is 8.42 Å². The van der Waals surface area contributed by atoms with Crippen LogP contribution in [0.3, 0.4) is 0 Å². The van der Waals surface area contributed by atoms with Crippen molar-refractivity contribution in [2.75, 3.05) is 5.32 Å². The summed E-state index contributed by atoms with van der Waals surface area (Å²) in [5, 5.41) is 12.4. The molecule has 0 aliphatic carbocycles. The van der Waals surface area contributed by atoms with Gasteiger partial charge in [0.05, 0.1) is 11.4 Å². The molecule has 0 fully saturated rings.